The van der Waals surface area contributed by atoms with Crippen molar-refractivity contribution in [3.63, 3.8) is 0 Å². The van der Waals surface area contributed by atoms with Gasteiger partial charge in [-0.3, -0.25) is 0 Å². The zero-order valence-corrected chi connectivity index (χ0v) is 31.9. The van der Waals surface area contributed by atoms with Crippen LogP contribution in [0.3, 0.4) is 0 Å². The Labute approximate surface area is 332 Å². The molecule has 0 saturated carbocycles. The van der Waals surface area contributed by atoms with Crippen LogP contribution in [0.15, 0.2) is 194 Å². The molecule has 2 aromatic heterocycles. The van der Waals surface area contributed by atoms with Gasteiger partial charge in [0.2, 0.25) is 0 Å². The number of thiophene rings is 2. The van der Waals surface area contributed by atoms with Crippen molar-refractivity contribution >= 4 is 95.3 Å². The van der Waals surface area contributed by atoms with E-state index in [-0.39, 0.29) is 0 Å². The van der Waals surface area contributed by atoms with Gasteiger partial charge in [-0.05, 0) is 83.4 Å². The smallest absolute Gasteiger partial charge is 0.0434 e. The molecular formula is C54H32S2. The number of rotatable bonds is 4. The summed E-state index contributed by atoms with van der Waals surface area (Å²) in [5.41, 5.74) is 10.2. The standard InChI is InChI=1S/C54H32S2/c1-2-14-38-37(13-1)35(33-27-29-34(30-28-33)36-21-11-22-46-39-15-7-9-25-49(39)55-53(36)46)31-32-45(38)51-41-17-3-5-19-43(41)52(44-20-6-4-18-42(44)51)48-24-12-23-47-40-16-8-10-26-50(40)56-54(47)48/h1-32H. The molecule has 260 valence electrons. The Hall–Kier alpha value is -6.58. The van der Waals surface area contributed by atoms with Crippen LogP contribution in [-0.4, -0.2) is 0 Å². The van der Waals surface area contributed by atoms with Crippen molar-refractivity contribution in [1.29, 1.82) is 0 Å². The molecule has 0 spiro atoms. The summed E-state index contributed by atoms with van der Waals surface area (Å²) in [5, 5.41) is 13.0. The third kappa shape index (κ3) is 4.70. The largest absolute Gasteiger partial charge is 0.135 e. The Morgan fingerprint density at radius 1 is 0.214 bits per heavy atom. The van der Waals surface area contributed by atoms with E-state index in [0.717, 1.165) is 0 Å². The predicted octanol–water partition coefficient (Wildman–Crippen LogP) is 16.5. The first kappa shape index (κ1) is 31.7. The second-order valence-electron chi connectivity index (χ2n) is 14.7. The molecule has 0 amide bonds. The lowest BCUT2D eigenvalue weighted by Crippen LogP contribution is -1.92. The Kier molecular flexibility index (Phi) is 7.07. The number of hydrogen-bond acceptors (Lipinski definition) is 2. The van der Waals surface area contributed by atoms with Crippen LogP contribution in [0, 0.1) is 0 Å². The van der Waals surface area contributed by atoms with Crippen molar-refractivity contribution in [3.05, 3.63) is 194 Å². The molecule has 0 fully saturated rings. The molecule has 12 aromatic rings. The Balaban J connectivity index is 1.04. The van der Waals surface area contributed by atoms with E-state index in [2.05, 4.69) is 194 Å². The van der Waals surface area contributed by atoms with Crippen LogP contribution >= 0.6 is 22.7 Å². The van der Waals surface area contributed by atoms with Crippen LogP contribution in [0.2, 0.25) is 0 Å². The van der Waals surface area contributed by atoms with E-state index in [1.165, 1.54) is 117 Å². The van der Waals surface area contributed by atoms with Crippen LogP contribution in [0.5, 0.6) is 0 Å². The highest BCUT2D eigenvalue weighted by Gasteiger charge is 2.21. The van der Waals surface area contributed by atoms with Crippen LogP contribution in [-0.2, 0) is 0 Å². The molecule has 0 saturated heterocycles. The Morgan fingerprint density at radius 2 is 0.571 bits per heavy atom. The number of hydrogen-bond donors (Lipinski definition) is 0. The maximum atomic E-state index is 2.37. The van der Waals surface area contributed by atoms with Crippen LogP contribution in [0.1, 0.15) is 0 Å². The first-order valence-corrected chi connectivity index (χ1v) is 20.8. The van der Waals surface area contributed by atoms with Gasteiger partial charge in [0.1, 0.15) is 0 Å². The second kappa shape index (κ2) is 12.5. The summed E-state index contributed by atoms with van der Waals surface area (Å²) in [7, 11) is 0. The van der Waals surface area contributed by atoms with Crippen molar-refractivity contribution in [2.24, 2.45) is 0 Å². The molecule has 0 aliphatic heterocycles. The van der Waals surface area contributed by atoms with Crippen molar-refractivity contribution in [2.75, 3.05) is 0 Å². The summed E-state index contributed by atoms with van der Waals surface area (Å²) < 4.78 is 5.36. The van der Waals surface area contributed by atoms with E-state index in [9.17, 15) is 0 Å². The quantitative estimate of drug-likeness (QED) is 0.157. The summed E-state index contributed by atoms with van der Waals surface area (Å²) in [6, 6.07) is 72.1. The maximum absolute atomic E-state index is 2.37. The van der Waals surface area contributed by atoms with Gasteiger partial charge in [0.15, 0.2) is 0 Å². The minimum atomic E-state index is 1.22. The number of fused-ring (bicyclic) bond motifs is 9. The van der Waals surface area contributed by atoms with Gasteiger partial charge in [0.25, 0.3) is 0 Å². The lowest BCUT2D eigenvalue weighted by atomic mass is 9.83. The molecule has 2 heteroatoms. The third-order valence-electron chi connectivity index (χ3n) is 11.7. The summed E-state index contributed by atoms with van der Waals surface area (Å²) in [5.74, 6) is 0. The monoisotopic (exact) mass is 744 g/mol. The zero-order chi connectivity index (χ0) is 36.7. The fourth-order valence-electron chi connectivity index (χ4n) is 9.23. The summed E-state index contributed by atoms with van der Waals surface area (Å²) in [6.45, 7) is 0. The van der Waals surface area contributed by atoms with E-state index in [1.54, 1.807) is 0 Å². The molecule has 0 aliphatic rings. The summed E-state index contributed by atoms with van der Waals surface area (Å²) in [4.78, 5) is 0. The molecule has 10 aromatic carbocycles. The van der Waals surface area contributed by atoms with Crippen molar-refractivity contribution in [3.8, 4) is 44.5 Å². The minimum Gasteiger partial charge on any atom is -0.135 e. The fraction of sp³-hybridized carbons (Fsp3) is 0. The molecule has 56 heavy (non-hydrogen) atoms. The van der Waals surface area contributed by atoms with Crippen molar-refractivity contribution in [1.82, 2.24) is 0 Å². The van der Waals surface area contributed by atoms with Gasteiger partial charge in [-0.25, -0.2) is 0 Å². The molecule has 2 heterocycles. The molecule has 0 nitrogen and oxygen atoms in total. The second-order valence-corrected chi connectivity index (χ2v) is 16.8. The van der Waals surface area contributed by atoms with E-state index in [0.29, 0.717) is 0 Å². The summed E-state index contributed by atoms with van der Waals surface area (Å²) in [6.07, 6.45) is 0. The average Bonchev–Trinajstić information content (AvgIpc) is 3.84. The predicted molar refractivity (Wildman–Crippen MR) is 246 cm³/mol. The molecule has 0 atom stereocenters. The molecule has 0 bridgehead atoms. The summed E-state index contributed by atoms with van der Waals surface area (Å²) >= 11 is 3.79. The molecular weight excluding hydrogens is 713 g/mol. The molecule has 0 aliphatic carbocycles. The topological polar surface area (TPSA) is 0 Å². The van der Waals surface area contributed by atoms with Gasteiger partial charge in [-0.15, -0.1) is 22.7 Å². The Bertz CT molecular complexity index is 3470. The van der Waals surface area contributed by atoms with Crippen LogP contribution < -0.4 is 0 Å². The van der Waals surface area contributed by atoms with E-state index < -0.39 is 0 Å². The van der Waals surface area contributed by atoms with Crippen molar-refractivity contribution in [2.45, 2.75) is 0 Å². The highest BCUT2D eigenvalue weighted by atomic mass is 32.1. The zero-order valence-electron chi connectivity index (χ0n) is 30.3. The van der Waals surface area contributed by atoms with Gasteiger partial charge in [-0.1, -0.05) is 182 Å². The SMILES string of the molecule is c1ccc2c(c1)sc1c(-c3ccc(-c4ccc(-c5c6ccccc6c(-c6cccc7c6sc6ccccc67)c6ccccc56)c5ccccc45)cc3)cccc12. The lowest BCUT2D eigenvalue weighted by Gasteiger charge is -2.20. The number of benzene rings is 10. The van der Waals surface area contributed by atoms with Crippen molar-refractivity contribution < 1.29 is 0 Å². The highest BCUT2D eigenvalue weighted by molar-refractivity contribution is 7.26. The van der Waals surface area contributed by atoms with Gasteiger partial charge in [0.05, 0.1) is 0 Å². The first-order chi connectivity index (χ1) is 27.8. The molecule has 0 radical (unpaired) electrons. The van der Waals surface area contributed by atoms with Crippen LogP contribution in [0.25, 0.3) is 117 Å². The van der Waals surface area contributed by atoms with Crippen LogP contribution in [0.4, 0.5) is 0 Å². The third-order valence-corrected chi connectivity index (χ3v) is 14.1. The van der Waals surface area contributed by atoms with Gasteiger partial charge in [-0.2, -0.15) is 0 Å². The molecule has 0 unspecified atom stereocenters. The first-order valence-electron chi connectivity index (χ1n) is 19.2. The highest BCUT2D eigenvalue weighted by Crippen LogP contribution is 2.49. The Morgan fingerprint density at radius 3 is 1.11 bits per heavy atom. The lowest BCUT2D eigenvalue weighted by molar-refractivity contribution is 1.63. The molecule has 12 rings (SSSR count). The van der Waals surface area contributed by atoms with Gasteiger partial charge >= 0.3 is 0 Å². The maximum Gasteiger partial charge on any atom is 0.0434 e. The van der Waals surface area contributed by atoms with E-state index in [1.807, 2.05) is 22.7 Å². The normalized spacial score (nSPS) is 11.9. The van der Waals surface area contributed by atoms with Gasteiger partial charge in [0, 0.05) is 45.9 Å². The van der Waals surface area contributed by atoms with E-state index >= 15 is 0 Å². The fourth-order valence-corrected chi connectivity index (χ4v) is 11.7. The van der Waals surface area contributed by atoms with E-state index in [4.69, 9.17) is 0 Å². The minimum absolute atomic E-state index is 1.22. The van der Waals surface area contributed by atoms with Gasteiger partial charge < -0.3 is 0 Å². The average molecular weight is 745 g/mol. The molecule has 0 N–H and O–H groups in total.